The number of halogens is 3. The highest BCUT2D eigenvalue weighted by molar-refractivity contribution is 5.93. The van der Waals surface area contributed by atoms with E-state index < -0.39 is 12.7 Å². The quantitative estimate of drug-likeness (QED) is 0.875. The van der Waals surface area contributed by atoms with Gasteiger partial charge in [-0.15, -0.1) is 10.2 Å². The number of nitrogens with zero attached hydrogens (tertiary/aromatic N) is 6. The van der Waals surface area contributed by atoms with Gasteiger partial charge in [-0.3, -0.25) is 14.7 Å². The first-order chi connectivity index (χ1) is 12.3. The molecule has 3 heterocycles. The third-order valence-electron chi connectivity index (χ3n) is 4.41. The molecular formula is C15H18F3N7O. The number of rotatable bonds is 4. The van der Waals surface area contributed by atoms with Crippen molar-refractivity contribution in [1.29, 1.82) is 0 Å². The van der Waals surface area contributed by atoms with Gasteiger partial charge < -0.3 is 4.90 Å². The van der Waals surface area contributed by atoms with Crippen molar-refractivity contribution in [3.05, 3.63) is 24.0 Å². The molecule has 0 spiro atoms. The largest absolute Gasteiger partial charge is 0.401 e. The van der Waals surface area contributed by atoms with Crippen molar-refractivity contribution in [2.75, 3.05) is 26.7 Å². The summed E-state index contributed by atoms with van der Waals surface area (Å²) in [7, 11) is 1.65. The fraction of sp³-hybridized carbons (Fsp3) is 0.533. The smallest absolute Gasteiger partial charge is 0.337 e. The standard InChI is InChI=1S/C15H18F3N7O/c1-24(11-3-6-25(7-4-11)9-15(16,17)18)14(26)12-8-10(2-5-19-12)13-20-22-23-21-13/h2,5,8,11H,3-4,6-7,9H2,1H3,(H,20,21,22,23). The highest BCUT2D eigenvalue weighted by Crippen LogP contribution is 2.22. The average molecular weight is 369 g/mol. The number of nitrogens with one attached hydrogen (secondary N) is 1. The van der Waals surface area contributed by atoms with Gasteiger partial charge in [0.1, 0.15) is 5.69 Å². The first kappa shape index (κ1) is 18.2. The summed E-state index contributed by atoms with van der Waals surface area (Å²) in [5, 5.41) is 13.5. The van der Waals surface area contributed by atoms with Crippen molar-refractivity contribution in [2.45, 2.75) is 25.1 Å². The summed E-state index contributed by atoms with van der Waals surface area (Å²) in [4.78, 5) is 19.7. The van der Waals surface area contributed by atoms with E-state index in [1.807, 2.05) is 0 Å². The number of pyridine rings is 1. The van der Waals surface area contributed by atoms with Gasteiger partial charge in [0.25, 0.3) is 5.91 Å². The van der Waals surface area contributed by atoms with E-state index in [4.69, 9.17) is 0 Å². The molecule has 2 aromatic rings. The number of alkyl halides is 3. The summed E-state index contributed by atoms with van der Waals surface area (Å²) in [5.41, 5.74) is 0.831. The number of carbonyl (C=O) groups excluding carboxylic acids is 1. The first-order valence-electron chi connectivity index (χ1n) is 8.09. The van der Waals surface area contributed by atoms with E-state index in [-0.39, 0.29) is 17.6 Å². The Morgan fingerprint density at radius 3 is 2.73 bits per heavy atom. The van der Waals surface area contributed by atoms with E-state index in [1.54, 1.807) is 24.1 Å². The monoisotopic (exact) mass is 369 g/mol. The van der Waals surface area contributed by atoms with Gasteiger partial charge >= 0.3 is 6.18 Å². The molecular weight excluding hydrogens is 351 g/mol. The molecule has 0 radical (unpaired) electrons. The summed E-state index contributed by atoms with van der Waals surface area (Å²) in [5.74, 6) is 0.0641. The molecule has 8 nitrogen and oxygen atoms in total. The van der Waals surface area contributed by atoms with E-state index in [0.717, 1.165) is 0 Å². The van der Waals surface area contributed by atoms with Crippen LogP contribution in [0, 0.1) is 0 Å². The summed E-state index contributed by atoms with van der Waals surface area (Å²) in [6.45, 7) is -0.304. The maximum Gasteiger partial charge on any atom is 0.401 e. The van der Waals surface area contributed by atoms with Crippen LogP contribution in [-0.2, 0) is 0 Å². The number of piperidine rings is 1. The molecule has 11 heteroatoms. The fourth-order valence-corrected chi connectivity index (χ4v) is 3.04. The van der Waals surface area contributed by atoms with Crippen molar-refractivity contribution in [3.8, 4) is 11.4 Å². The van der Waals surface area contributed by atoms with Crippen LogP contribution >= 0.6 is 0 Å². The van der Waals surface area contributed by atoms with Crippen molar-refractivity contribution in [3.63, 3.8) is 0 Å². The summed E-state index contributed by atoms with van der Waals surface area (Å²) < 4.78 is 37.4. The SMILES string of the molecule is CN(C(=O)c1cc(-c2nn[nH]n2)ccn1)C1CCN(CC(F)(F)F)CC1. The molecule has 0 aliphatic carbocycles. The zero-order valence-electron chi connectivity index (χ0n) is 14.1. The minimum absolute atomic E-state index is 0.123. The van der Waals surface area contributed by atoms with Crippen molar-refractivity contribution in [1.82, 2.24) is 35.4 Å². The number of hydrogen-bond acceptors (Lipinski definition) is 6. The highest BCUT2D eigenvalue weighted by Gasteiger charge is 2.34. The Labute approximate surface area is 147 Å². The Bertz CT molecular complexity index is 742. The number of tetrazole rings is 1. The first-order valence-corrected chi connectivity index (χ1v) is 8.09. The Morgan fingerprint density at radius 1 is 1.38 bits per heavy atom. The van der Waals surface area contributed by atoms with Crippen LogP contribution in [0.3, 0.4) is 0 Å². The molecule has 2 aromatic heterocycles. The van der Waals surface area contributed by atoms with Crippen LogP contribution in [-0.4, -0.2) is 80.2 Å². The summed E-state index contributed by atoms with van der Waals surface area (Å²) >= 11 is 0. The van der Waals surface area contributed by atoms with Gasteiger partial charge in [0, 0.05) is 37.9 Å². The number of likely N-dealkylation sites (tertiary alicyclic amines) is 1. The second-order valence-electron chi connectivity index (χ2n) is 6.20. The minimum Gasteiger partial charge on any atom is -0.337 e. The van der Waals surface area contributed by atoms with E-state index >= 15 is 0 Å². The van der Waals surface area contributed by atoms with Gasteiger partial charge in [0.05, 0.1) is 6.54 Å². The maximum absolute atomic E-state index is 12.7. The third-order valence-corrected chi connectivity index (χ3v) is 4.41. The molecule has 1 aliphatic heterocycles. The van der Waals surface area contributed by atoms with E-state index in [9.17, 15) is 18.0 Å². The van der Waals surface area contributed by atoms with Gasteiger partial charge in [-0.25, -0.2) is 0 Å². The normalized spacial score (nSPS) is 16.6. The third kappa shape index (κ3) is 4.34. The lowest BCUT2D eigenvalue weighted by atomic mass is 10.0. The number of aromatic amines is 1. The molecule has 1 aliphatic rings. The maximum atomic E-state index is 12.7. The lowest BCUT2D eigenvalue weighted by molar-refractivity contribution is -0.148. The fourth-order valence-electron chi connectivity index (χ4n) is 3.04. The van der Waals surface area contributed by atoms with Gasteiger partial charge in [-0.05, 0) is 30.2 Å². The van der Waals surface area contributed by atoms with E-state index in [0.29, 0.717) is 37.3 Å². The second-order valence-corrected chi connectivity index (χ2v) is 6.20. The van der Waals surface area contributed by atoms with Crippen LogP contribution < -0.4 is 0 Å². The van der Waals surface area contributed by atoms with Gasteiger partial charge in [0.2, 0.25) is 5.82 Å². The Morgan fingerprint density at radius 2 is 2.12 bits per heavy atom. The predicted octanol–water partition coefficient (Wildman–Crippen LogP) is 1.36. The molecule has 140 valence electrons. The number of hydrogen-bond donors (Lipinski definition) is 1. The zero-order valence-corrected chi connectivity index (χ0v) is 14.1. The van der Waals surface area contributed by atoms with Crippen molar-refractivity contribution < 1.29 is 18.0 Å². The molecule has 26 heavy (non-hydrogen) atoms. The summed E-state index contributed by atoms with van der Waals surface area (Å²) in [6, 6.07) is 3.11. The molecule has 1 amide bonds. The molecule has 0 saturated carbocycles. The second kappa shape index (κ2) is 7.36. The van der Waals surface area contributed by atoms with E-state index in [1.165, 1.54) is 11.1 Å². The number of carbonyl (C=O) groups is 1. The predicted molar refractivity (Wildman–Crippen MR) is 85.0 cm³/mol. The van der Waals surface area contributed by atoms with Gasteiger partial charge in [0.15, 0.2) is 0 Å². The molecule has 0 bridgehead atoms. The summed E-state index contributed by atoms with van der Waals surface area (Å²) in [6.07, 6.45) is -1.74. The molecule has 1 fully saturated rings. The molecule has 1 saturated heterocycles. The minimum atomic E-state index is -4.20. The Balaban J connectivity index is 1.63. The van der Waals surface area contributed by atoms with Crippen molar-refractivity contribution >= 4 is 5.91 Å². The van der Waals surface area contributed by atoms with Gasteiger partial charge in [-0.2, -0.15) is 18.4 Å². The van der Waals surface area contributed by atoms with Crippen LogP contribution in [0.5, 0.6) is 0 Å². The molecule has 0 unspecified atom stereocenters. The number of H-pyrrole nitrogens is 1. The average Bonchev–Trinajstić information content (AvgIpc) is 3.14. The number of amides is 1. The van der Waals surface area contributed by atoms with Crippen LogP contribution in [0.4, 0.5) is 13.2 Å². The molecule has 1 N–H and O–H groups in total. The van der Waals surface area contributed by atoms with Crippen LogP contribution in [0.25, 0.3) is 11.4 Å². The van der Waals surface area contributed by atoms with Crippen LogP contribution in [0.15, 0.2) is 18.3 Å². The van der Waals surface area contributed by atoms with Gasteiger partial charge in [-0.1, -0.05) is 0 Å². The topological polar surface area (TPSA) is 90.9 Å². The zero-order chi connectivity index (χ0) is 18.7. The lowest BCUT2D eigenvalue weighted by Gasteiger charge is -2.36. The van der Waals surface area contributed by atoms with Crippen LogP contribution in [0.2, 0.25) is 0 Å². The number of aromatic nitrogens is 5. The molecule has 0 aromatic carbocycles. The van der Waals surface area contributed by atoms with E-state index in [2.05, 4.69) is 25.6 Å². The van der Waals surface area contributed by atoms with Crippen molar-refractivity contribution in [2.24, 2.45) is 0 Å². The molecule has 0 atom stereocenters. The lowest BCUT2D eigenvalue weighted by Crippen LogP contribution is -2.47. The Hall–Kier alpha value is -2.56. The molecule has 3 rings (SSSR count). The highest BCUT2D eigenvalue weighted by atomic mass is 19.4. The van der Waals surface area contributed by atoms with Crippen LogP contribution in [0.1, 0.15) is 23.3 Å². The Kier molecular flexibility index (Phi) is 5.16.